The van der Waals surface area contributed by atoms with Crippen molar-refractivity contribution in [3.63, 3.8) is 0 Å². The van der Waals surface area contributed by atoms with Gasteiger partial charge >= 0.3 is 0 Å². The standard InChI is InChI=1S/C16H21N3S/c1-12-5-6-14(20-15-11-17-7-8-18-15)13(9-12)10-19-16(2,3)4/h5-9,11,19H,10H2,1-4H3. The fourth-order valence-corrected chi connectivity index (χ4v) is 2.61. The lowest BCUT2D eigenvalue weighted by Crippen LogP contribution is -2.35. The summed E-state index contributed by atoms with van der Waals surface area (Å²) in [5.41, 5.74) is 2.69. The number of aromatic nitrogens is 2. The summed E-state index contributed by atoms with van der Waals surface area (Å²) in [5, 5.41) is 4.47. The van der Waals surface area contributed by atoms with E-state index in [4.69, 9.17) is 0 Å². The van der Waals surface area contributed by atoms with Crippen LogP contribution >= 0.6 is 11.8 Å². The molecule has 0 radical (unpaired) electrons. The van der Waals surface area contributed by atoms with Gasteiger partial charge in [0.25, 0.3) is 0 Å². The van der Waals surface area contributed by atoms with Gasteiger partial charge in [-0.05, 0) is 39.3 Å². The molecule has 106 valence electrons. The number of nitrogens with zero attached hydrogens (tertiary/aromatic N) is 2. The number of rotatable bonds is 4. The maximum absolute atomic E-state index is 4.33. The zero-order valence-corrected chi connectivity index (χ0v) is 13.3. The highest BCUT2D eigenvalue weighted by Gasteiger charge is 2.11. The van der Waals surface area contributed by atoms with Gasteiger partial charge in [0.2, 0.25) is 0 Å². The molecule has 2 rings (SSSR count). The van der Waals surface area contributed by atoms with Crippen LogP contribution in [0.5, 0.6) is 0 Å². The Morgan fingerprint density at radius 1 is 1.20 bits per heavy atom. The highest BCUT2D eigenvalue weighted by molar-refractivity contribution is 7.99. The number of hydrogen-bond acceptors (Lipinski definition) is 4. The predicted molar refractivity (Wildman–Crippen MR) is 83.9 cm³/mol. The minimum absolute atomic E-state index is 0.109. The van der Waals surface area contributed by atoms with Crippen molar-refractivity contribution in [3.8, 4) is 0 Å². The SMILES string of the molecule is Cc1ccc(Sc2cnccn2)c(CNC(C)(C)C)c1. The summed E-state index contributed by atoms with van der Waals surface area (Å²) in [5.74, 6) is 0. The predicted octanol–water partition coefficient (Wildman–Crippen LogP) is 3.82. The number of hydrogen-bond donors (Lipinski definition) is 1. The molecular formula is C16H21N3S. The molecule has 0 aliphatic carbocycles. The molecule has 0 aliphatic rings. The largest absolute Gasteiger partial charge is 0.308 e. The van der Waals surface area contributed by atoms with Gasteiger partial charge in [-0.3, -0.25) is 4.98 Å². The fraction of sp³-hybridized carbons (Fsp3) is 0.375. The van der Waals surface area contributed by atoms with E-state index in [-0.39, 0.29) is 5.54 Å². The van der Waals surface area contributed by atoms with Crippen LogP contribution in [0.25, 0.3) is 0 Å². The lowest BCUT2D eigenvalue weighted by molar-refractivity contribution is 0.422. The average molecular weight is 287 g/mol. The first-order valence-electron chi connectivity index (χ1n) is 6.72. The minimum Gasteiger partial charge on any atom is -0.308 e. The summed E-state index contributed by atoms with van der Waals surface area (Å²) in [6.45, 7) is 9.51. The van der Waals surface area contributed by atoms with Gasteiger partial charge < -0.3 is 5.32 Å². The van der Waals surface area contributed by atoms with E-state index in [1.165, 1.54) is 16.0 Å². The Kier molecular flexibility index (Phi) is 4.78. The molecule has 20 heavy (non-hydrogen) atoms. The van der Waals surface area contributed by atoms with Gasteiger partial charge in [0, 0.05) is 29.4 Å². The zero-order valence-electron chi connectivity index (χ0n) is 12.5. The quantitative estimate of drug-likeness (QED) is 0.927. The molecule has 0 saturated carbocycles. The van der Waals surface area contributed by atoms with Gasteiger partial charge in [0.15, 0.2) is 0 Å². The topological polar surface area (TPSA) is 37.8 Å². The van der Waals surface area contributed by atoms with E-state index in [2.05, 4.69) is 61.2 Å². The summed E-state index contributed by atoms with van der Waals surface area (Å²) in [6, 6.07) is 6.53. The summed E-state index contributed by atoms with van der Waals surface area (Å²) in [6.07, 6.45) is 5.22. The molecule has 4 heteroatoms. The zero-order chi connectivity index (χ0) is 14.6. The molecule has 0 saturated heterocycles. The van der Waals surface area contributed by atoms with Crippen LogP contribution in [0.3, 0.4) is 0 Å². The number of nitrogens with one attached hydrogen (secondary N) is 1. The highest BCUT2D eigenvalue weighted by atomic mass is 32.2. The molecule has 0 bridgehead atoms. The summed E-state index contributed by atoms with van der Waals surface area (Å²) >= 11 is 1.66. The maximum Gasteiger partial charge on any atom is 0.119 e. The van der Waals surface area contributed by atoms with Gasteiger partial charge in [-0.15, -0.1) is 0 Å². The van der Waals surface area contributed by atoms with Gasteiger partial charge in [0.1, 0.15) is 5.03 Å². The number of benzene rings is 1. The van der Waals surface area contributed by atoms with Gasteiger partial charge in [-0.2, -0.15) is 0 Å². The highest BCUT2D eigenvalue weighted by Crippen LogP contribution is 2.29. The molecule has 1 aromatic heterocycles. The first-order valence-corrected chi connectivity index (χ1v) is 7.54. The molecule has 3 nitrogen and oxygen atoms in total. The first-order chi connectivity index (χ1) is 9.44. The second-order valence-corrected chi connectivity index (χ2v) is 6.92. The van der Waals surface area contributed by atoms with Crippen molar-refractivity contribution in [1.29, 1.82) is 0 Å². The van der Waals surface area contributed by atoms with E-state index in [0.29, 0.717) is 0 Å². The maximum atomic E-state index is 4.33. The second-order valence-electron chi connectivity index (χ2n) is 5.86. The van der Waals surface area contributed by atoms with Crippen molar-refractivity contribution in [2.24, 2.45) is 0 Å². The van der Waals surface area contributed by atoms with Crippen LogP contribution in [0.15, 0.2) is 46.7 Å². The van der Waals surface area contributed by atoms with Crippen LogP contribution in [0.2, 0.25) is 0 Å². The van der Waals surface area contributed by atoms with Crippen molar-refractivity contribution in [2.75, 3.05) is 0 Å². The van der Waals surface area contributed by atoms with Crippen molar-refractivity contribution >= 4 is 11.8 Å². The molecule has 2 aromatic rings. The van der Waals surface area contributed by atoms with Crippen LogP contribution in [0.1, 0.15) is 31.9 Å². The van der Waals surface area contributed by atoms with E-state index in [1.54, 1.807) is 30.4 Å². The third-order valence-electron chi connectivity index (χ3n) is 2.78. The van der Waals surface area contributed by atoms with Crippen LogP contribution in [-0.4, -0.2) is 15.5 Å². The molecule has 0 aliphatic heterocycles. The lowest BCUT2D eigenvalue weighted by atomic mass is 10.1. The Morgan fingerprint density at radius 3 is 2.65 bits per heavy atom. The Bertz CT molecular complexity index is 562. The van der Waals surface area contributed by atoms with E-state index in [1.807, 2.05) is 0 Å². The van der Waals surface area contributed by atoms with E-state index >= 15 is 0 Å². The molecule has 1 heterocycles. The van der Waals surface area contributed by atoms with Gasteiger partial charge in [-0.1, -0.05) is 29.5 Å². The van der Waals surface area contributed by atoms with Crippen LogP contribution in [-0.2, 0) is 6.54 Å². The molecule has 1 N–H and O–H groups in total. The second kappa shape index (κ2) is 6.37. The van der Waals surface area contributed by atoms with E-state index in [9.17, 15) is 0 Å². The van der Waals surface area contributed by atoms with Crippen LogP contribution < -0.4 is 5.32 Å². The van der Waals surface area contributed by atoms with Crippen molar-refractivity contribution in [3.05, 3.63) is 47.9 Å². The molecule has 0 unspecified atom stereocenters. The molecule has 1 aromatic carbocycles. The first kappa shape index (κ1) is 15.0. The summed E-state index contributed by atoms with van der Waals surface area (Å²) in [4.78, 5) is 9.67. The Hall–Kier alpha value is -1.39. The lowest BCUT2D eigenvalue weighted by Gasteiger charge is -2.21. The van der Waals surface area contributed by atoms with E-state index in [0.717, 1.165) is 11.6 Å². The van der Waals surface area contributed by atoms with Crippen molar-refractivity contribution in [1.82, 2.24) is 15.3 Å². The molecule has 0 atom stereocenters. The normalized spacial score (nSPS) is 11.6. The van der Waals surface area contributed by atoms with Crippen molar-refractivity contribution < 1.29 is 0 Å². The fourth-order valence-electron chi connectivity index (χ4n) is 1.76. The Morgan fingerprint density at radius 2 is 2.00 bits per heavy atom. The number of aryl methyl sites for hydroxylation is 1. The third-order valence-corrected chi connectivity index (χ3v) is 3.82. The molecule has 0 fully saturated rings. The molecule has 0 spiro atoms. The van der Waals surface area contributed by atoms with E-state index < -0.39 is 0 Å². The summed E-state index contributed by atoms with van der Waals surface area (Å²) in [7, 11) is 0. The average Bonchev–Trinajstić information content (AvgIpc) is 2.39. The Balaban J connectivity index is 2.19. The molecular weight excluding hydrogens is 266 g/mol. The smallest absolute Gasteiger partial charge is 0.119 e. The monoisotopic (exact) mass is 287 g/mol. The Labute approximate surface area is 125 Å². The minimum atomic E-state index is 0.109. The molecule has 0 amide bonds. The van der Waals surface area contributed by atoms with Crippen LogP contribution in [0.4, 0.5) is 0 Å². The van der Waals surface area contributed by atoms with Gasteiger partial charge in [0.05, 0.1) is 6.20 Å². The van der Waals surface area contributed by atoms with Crippen molar-refractivity contribution in [2.45, 2.75) is 49.7 Å². The van der Waals surface area contributed by atoms with Gasteiger partial charge in [-0.25, -0.2) is 4.98 Å². The van der Waals surface area contributed by atoms with Crippen LogP contribution in [0, 0.1) is 6.92 Å². The summed E-state index contributed by atoms with van der Waals surface area (Å²) < 4.78 is 0. The third kappa shape index (κ3) is 4.62.